The molecule has 2 unspecified atom stereocenters. The zero-order chi connectivity index (χ0) is 18.7. The van der Waals surface area contributed by atoms with Crippen molar-refractivity contribution < 1.29 is 0 Å². The van der Waals surface area contributed by atoms with Gasteiger partial charge in [-0.15, -0.1) is 0 Å². The third-order valence-corrected chi connectivity index (χ3v) is 6.22. The number of rotatable bonds is 2. The molecule has 27 heavy (non-hydrogen) atoms. The molecule has 0 bridgehead atoms. The van der Waals surface area contributed by atoms with Crippen LogP contribution in [0.3, 0.4) is 0 Å². The second-order valence-corrected chi connectivity index (χ2v) is 8.17. The van der Waals surface area contributed by atoms with E-state index in [0.717, 1.165) is 33.5 Å². The van der Waals surface area contributed by atoms with E-state index in [9.17, 15) is 4.79 Å². The fourth-order valence-electron chi connectivity index (χ4n) is 4.26. The summed E-state index contributed by atoms with van der Waals surface area (Å²) in [5, 5.41) is 2.57. The molecule has 0 radical (unpaired) electrons. The zero-order valence-electron chi connectivity index (χ0n) is 14.7. The number of hydrogen-bond donors (Lipinski definition) is 0. The van der Waals surface area contributed by atoms with Gasteiger partial charge in [-0.3, -0.25) is 4.79 Å². The van der Waals surface area contributed by atoms with Crippen LogP contribution in [-0.2, 0) is 7.05 Å². The number of aromatic nitrogens is 1. The smallest absolute Gasteiger partial charge is 0.251 e. The monoisotopic (exact) mass is 393 g/mol. The van der Waals surface area contributed by atoms with Gasteiger partial charge in [0.1, 0.15) is 0 Å². The van der Waals surface area contributed by atoms with Gasteiger partial charge in [0.15, 0.2) is 0 Å². The van der Waals surface area contributed by atoms with E-state index in [1.54, 1.807) is 10.6 Å². The van der Waals surface area contributed by atoms with Gasteiger partial charge in [0.05, 0.1) is 5.52 Å². The highest BCUT2D eigenvalue weighted by atomic mass is 35.5. The van der Waals surface area contributed by atoms with Crippen LogP contribution < -0.4 is 5.56 Å². The molecule has 4 heteroatoms. The SMILES string of the molecule is Cn1c(=O)cc(-c2cccc(Cl)c2)c2cc(C3C4=CC(Cl)=CCC43)ccc21. The number of halogens is 2. The summed E-state index contributed by atoms with van der Waals surface area (Å²) in [6.07, 6.45) is 5.20. The average Bonchev–Trinajstić information content (AvgIpc) is 3.37. The minimum atomic E-state index is -0.0241. The van der Waals surface area contributed by atoms with Crippen LogP contribution in [0.4, 0.5) is 0 Å². The van der Waals surface area contributed by atoms with E-state index in [1.807, 2.05) is 31.3 Å². The Morgan fingerprint density at radius 1 is 1.07 bits per heavy atom. The number of nitrogens with zero attached hydrogens (tertiary/aromatic N) is 1. The van der Waals surface area contributed by atoms with Crippen LogP contribution >= 0.6 is 23.2 Å². The lowest BCUT2D eigenvalue weighted by Gasteiger charge is -2.12. The molecule has 1 saturated carbocycles. The summed E-state index contributed by atoms with van der Waals surface area (Å²) in [6.45, 7) is 0. The van der Waals surface area contributed by atoms with Gasteiger partial charge in [0.2, 0.25) is 0 Å². The molecule has 0 spiro atoms. The molecule has 0 N–H and O–H groups in total. The standard InChI is InChI=1S/C23H17Cl2NO/c1-26-21-8-5-14(23-17-7-6-16(25)11-20(17)23)10-19(21)18(12-22(26)27)13-3-2-4-15(24)9-13/h2-6,8-12,17,23H,7H2,1H3. The maximum atomic E-state index is 12.5. The Morgan fingerprint density at radius 2 is 1.93 bits per heavy atom. The van der Waals surface area contributed by atoms with Crippen molar-refractivity contribution in [3.8, 4) is 11.1 Å². The van der Waals surface area contributed by atoms with Gasteiger partial charge in [-0.05, 0) is 59.4 Å². The van der Waals surface area contributed by atoms with E-state index in [2.05, 4.69) is 30.4 Å². The minimum absolute atomic E-state index is 0.0241. The van der Waals surface area contributed by atoms with E-state index in [1.165, 1.54) is 11.1 Å². The van der Waals surface area contributed by atoms with Crippen LogP contribution in [0.5, 0.6) is 0 Å². The molecule has 2 aromatic carbocycles. The van der Waals surface area contributed by atoms with Crippen LogP contribution in [0.15, 0.2) is 76.1 Å². The molecule has 0 amide bonds. The molecule has 1 fully saturated rings. The van der Waals surface area contributed by atoms with Gasteiger partial charge in [0, 0.05) is 34.5 Å². The Labute approximate surface area is 167 Å². The maximum Gasteiger partial charge on any atom is 0.251 e. The highest BCUT2D eigenvalue weighted by Crippen LogP contribution is 2.58. The summed E-state index contributed by atoms with van der Waals surface area (Å²) in [7, 11) is 1.81. The fourth-order valence-corrected chi connectivity index (χ4v) is 4.66. The highest BCUT2D eigenvalue weighted by Gasteiger charge is 2.45. The van der Waals surface area contributed by atoms with Crippen molar-refractivity contribution in [2.45, 2.75) is 12.3 Å². The zero-order valence-corrected chi connectivity index (χ0v) is 16.3. The van der Waals surface area contributed by atoms with E-state index < -0.39 is 0 Å². The molecule has 1 heterocycles. The van der Waals surface area contributed by atoms with Gasteiger partial charge < -0.3 is 4.57 Å². The molecule has 3 aromatic rings. The van der Waals surface area contributed by atoms with Crippen LogP contribution in [0.1, 0.15) is 17.9 Å². The van der Waals surface area contributed by atoms with Crippen LogP contribution in [0.25, 0.3) is 22.0 Å². The van der Waals surface area contributed by atoms with Gasteiger partial charge in [-0.25, -0.2) is 0 Å². The Hall–Kier alpha value is -2.29. The first-order valence-electron chi connectivity index (χ1n) is 9.00. The molecule has 2 aliphatic rings. The van der Waals surface area contributed by atoms with Crippen molar-refractivity contribution in [3.05, 3.63) is 92.2 Å². The van der Waals surface area contributed by atoms with Crippen molar-refractivity contribution in [3.63, 3.8) is 0 Å². The third-order valence-electron chi connectivity index (χ3n) is 5.72. The summed E-state index contributed by atoms with van der Waals surface area (Å²) in [5.41, 5.74) is 5.47. The van der Waals surface area contributed by atoms with Crippen molar-refractivity contribution >= 4 is 34.1 Å². The lowest BCUT2D eigenvalue weighted by Crippen LogP contribution is -2.16. The normalized spacial score (nSPS) is 20.9. The summed E-state index contributed by atoms with van der Waals surface area (Å²) in [5.74, 6) is 0.985. The van der Waals surface area contributed by atoms with Crippen LogP contribution in [0, 0.1) is 5.92 Å². The van der Waals surface area contributed by atoms with Crippen LogP contribution in [-0.4, -0.2) is 4.57 Å². The largest absolute Gasteiger partial charge is 0.311 e. The molecule has 5 rings (SSSR count). The number of fused-ring (bicyclic) bond motifs is 2. The summed E-state index contributed by atoms with van der Waals surface area (Å²) < 4.78 is 1.70. The highest BCUT2D eigenvalue weighted by molar-refractivity contribution is 6.31. The van der Waals surface area contributed by atoms with Crippen molar-refractivity contribution in [1.29, 1.82) is 0 Å². The Balaban J connectivity index is 1.70. The Bertz CT molecular complexity index is 1220. The second-order valence-electron chi connectivity index (χ2n) is 7.30. The van der Waals surface area contributed by atoms with Crippen molar-refractivity contribution in [2.24, 2.45) is 13.0 Å². The molecule has 0 aliphatic heterocycles. The van der Waals surface area contributed by atoms with Crippen molar-refractivity contribution in [2.75, 3.05) is 0 Å². The average molecular weight is 394 g/mol. The summed E-state index contributed by atoms with van der Waals surface area (Å²) >= 11 is 12.4. The first-order valence-corrected chi connectivity index (χ1v) is 9.75. The lowest BCUT2D eigenvalue weighted by molar-refractivity contribution is 0.826. The van der Waals surface area contributed by atoms with E-state index >= 15 is 0 Å². The molecule has 1 aromatic heterocycles. The van der Waals surface area contributed by atoms with Gasteiger partial charge in [0.25, 0.3) is 5.56 Å². The number of aryl methyl sites for hydroxylation is 1. The quantitative estimate of drug-likeness (QED) is 0.521. The lowest BCUT2D eigenvalue weighted by atomic mass is 9.97. The summed E-state index contributed by atoms with van der Waals surface area (Å²) in [6, 6.07) is 15.8. The van der Waals surface area contributed by atoms with Gasteiger partial charge >= 0.3 is 0 Å². The Kier molecular flexibility index (Phi) is 3.82. The predicted octanol–water partition coefficient (Wildman–Crippen LogP) is 6.03. The number of hydrogen-bond acceptors (Lipinski definition) is 1. The van der Waals surface area contributed by atoms with E-state index in [0.29, 0.717) is 16.9 Å². The number of allylic oxidation sites excluding steroid dienone is 4. The Morgan fingerprint density at radius 3 is 2.70 bits per heavy atom. The molecule has 2 atom stereocenters. The fraction of sp³-hybridized carbons (Fsp3) is 0.174. The van der Waals surface area contributed by atoms with E-state index in [-0.39, 0.29) is 5.56 Å². The second kappa shape index (κ2) is 6.12. The molecule has 134 valence electrons. The summed E-state index contributed by atoms with van der Waals surface area (Å²) in [4.78, 5) is 12.5. The third kappa shape index (κ3) is 2.75. The molecular formula is C23H17Cl2NO. The minimum Gasteiger partial charge on any atom is -0.311 e. The number of benzene rings is 2. The van der Waals surface area contributed by atoms with Gasteiger partial charge in [-0.1, -0.05) is 53.1 Å². The van der Waals surface area contributed by atoms with Gasteiger partial charge in [-0.2, -0.15) is 0 Å². The molecule has 2 nitrogen and oxygen atoms in total. The van der Waals surface area contributed by atoms with Crippen molar-refractivity contribution in [1.82, 2.24) is 4.57 Å². The topological polar surface area (TPSA) is 22.0 Å². The molecule has 0 saturated heterocycles. The molecular weight excluding hydrogens is 377 g/mol. The first kappa shape index (κ1) is 16.9. The first-order chi connectivity index (χ1) is 13.0. The maximum absolute atomic E-state index is 12.5. The molecule has 2 aliphatic carbocycles. The van der Waals surface area contributed by atoms with E-state index in [4.69, 9.17) is 23.2 Å². The number of pyridine rings is 1. The van der Waals surface area contributed by atoms with Crippen LogP contribution in [0.2, 0.25) is 5.02 Å². The predicted molar refractivity (Wildman–Crippen MR) is 113 cm³/mol.